The first-order valence-electron chi connectivity index (χ1n) is 5.71. The number of nitrogens with zero attached hydrogens (tertiary/aromatic N) is 1. The van der Waals surface area contributed by atoms with Crippen LogP contribution < -0.4 is 0 Å². The van der Waals surface area contributed by atoms with Gasteiger partial charge in [0.1, 0.15) is 0 Å². The van der Waals surface area contributed by atoms with Crippen LogP contribution >= 0.6 is 0 Å². The molecule has 1 atom stereocenters. The Morgan fingerprint density at radius 1 is 1.33 bits per heavy atom. The maximum Gasteiger partial charge on any atom is 0.310 e. The zero-order valence-electron chi connectivity index (χ0n) is 9.28. The van der Waals surface area contributed by atoms with E-state index in [1.807, 2.05) is 0 Å². The van der Waals surface area contributed by atoms with Gasteiger partial charge in [0.2, 0.25) is 0 Å². The number of esters is 1. The first kappa shape index (κ1) is 10.9. The fraction of sp³-hybridized carbons (Fsp3) is 0.909. The summed E-state index contributed by atoms with van der Waals surface area (Å²) in [7, 11) is 1.47. The summed E-state index contributed by atoms with van der Waals surface area (Å²) in [5, 5.41) is 0. The molecule has 2 saturated heterocycles. The summed E-state index contributed by atoms with van der Waals surface area (Å²) in [6.07, 6.45) is 3.16. The summed E-state index contributed by atoms with van der Waals surface area (Å²) in [6, 6.07) is 0.619. The largest absolute Gasteiger partial charge is 0.469 e. The van der Waals surface area contributed by atoms with Crippen molar-refractivity contribution in [1.29, 1.82) is 0 Å². The standard InChI is InChI=1S/C11H19NO3/c1-14-11(13)9-2-5-12(8-9)10-3-6-15-7-4-10/h9-10H,2-8H2,1H3. The van der Waals surface area contributed by atoms with Gasteiger partial charge in [-0.25, -0.2) is 0 Å². The molecule has 86 valence electrons. The van der Waals surface area contributed by atoms with Gasteiger partial charge in [-0.05, 0) is 25.8 Å². The molecule has 0 N–H and O–H groups in total. The predicted molar refractivity (Wildman–Crippen MR) is 55.5 cm³/mol. The van der Waals surface area contributed by atoms with Gasteiger partial charge >= 0.3 is 5.97 Å². The van der Waals surface area contributed by atoms with Gasteiger partial charge in [-0.15, -0.1) is 0 Å². The van der Waals surface area contributed by atoms with Gasteiger partial charge in [0.05, 0.1) is 13.0 Å². The van der Waals surface area contributed by atoms with Crippen molar-refractivity contribution in [3.8, 4) is 0 Å². The minimum Gasteiger partial charge on any atom is -0.469 e. The molecule has 2 heterocycles. The van der Waals surface area contributed by atoms with Crippen LogP contribution in [0.1, 0.15) is 19.3 Å². The van der Waals surface area contributed by atoms with Gasteiger partial charge in [-0.3, -0.25) is 9.69 Å². The number of rotatable bonds is 2. The van der Waals surface area contributed by atoms with Crippen molar-refractivity contribution in [2.75, 3.05) is 33.4 Å². The Morgan fingerprint density at radius 3 is 2.73 bits per heavy atom. The molecule has 0 aliphatic carbocycles. The van der Waals surface area contributed by atoms with Crippen LogP contribution in [0.2, 0.25) is 0 Å². The van der Waals surface area contributed by atoms with E-state index in [9.17, 15) is 4.79 Å². The molecule has 2 aliphatic heterocycles. The Bertz CT molecular complexity index is 226. The quantitative estimate of drug-likeness (QED) is 0.632. The molecule has 0 bridgehead atoms. The number of carbonyl (C=O) groups excluding carboxylic acids is 1. The lowest BCUT2D eigenvalue weighted by Gasteiger charge is -2.30. The first-order chi connectivity index (χ1) is 7.31. The Labute approximate surface area is 90.5 Å². The molecule has 0 spiro atoms. The van der Waals surface area contributed by atoms with Crippen LogP contribution in [0.15, 0.2) is 0 Å². The second-order valence-corrected chi connectivity index (χ2v) is 4.35. The first-order valence-corrected chi connectivity index (χ1v) is 5.71. The molecule has 0 amide bonds. The highest BCUT2D eigenvalue weighted by atomic mass is 16.5. The molecule has 4 heteroatoms. The van der Waals surface area contributed by atoms with Gasteiger partial charge < -0.3 is 9.47 Å². The van der Waals surface area contributed by atoms with E-state index in [0.29, 0.717) is 6.04 Å². The number of ether oxygens (including phenoxy) is 2. The van der Waals surface area contributed by atoms with E-state index >= 15 is 0 Å². The molecule has 0 saturated carbocycles. The lowest BCUT2D eigenvalue weighted by molar-refractivity contribution is -0.145. The number of hydrogen-bond acceptors (Lipinski definition) is 4. The number of carbonyl (C=O) groups is 1. The van der Waals surface area contributed by atoms with Crippen molar-refractivity contribution in [1.82, 2.24) is 4.90 Å². The van der Waals surface area contributed by atoms with Crippen LogP contribution in [-0.4, -0.2) is 50.3 Å². The Kier molecular flexibility index (Phi) is 3.59. The molecule has 0 aromatic carbocycles. The third kappa shape index (κ3) is 2.49. The van der Waals surface area contributed by atoms with Gasteiger partial charge in [-0.2, -0.15) is 0 Å². The second kappa shape index (κ2) is 4.94. The van der Waals surface area contributed by atoms with E-state index in [0.717, 1.165) is 45.6 Å². The maximum atomic E-state index is 11.4. The summed E-state index contributed by atoms with van der Waals surface area (Å²) < 4.78 is 10.1. The average molecular weight is 213 g/mol. The van der Waals surface area contributed by atoms with E-state index in [4.69, 9.17) is 9.47 Å². The molecule has 2 rings (SSSR count). The van der Waals surface area contributed by atoms with Gasteiger partial charge in [0, 0.05) is 25.8 Å². The minimum atomic E-state index is -0.0513. The van der Waals surface area contributed by atoms with E-state index < -0.39 is 0 Å². The van der Waals surface area contributed by atoms with E-state index in [1.54, 1.807) is 0 Å². The Hall–Kier alpha value is -0.610. The average Bonchev–Trinajstić information content (AvgIpc) is 2.78. The fourth-order valence-corrected chi connectivity index (χ4v) is 2.53. The number of likely N-dealkylation sites (tertiary alicyclic amines) is 1. The topological polar surface area (TPSA) is 38.8 Å². The maximum absolute atomic E-state index is 11.4. The molecular formula is C11H19NO3. The lowest BCUT2D eigenvalue weighted by Crippen LogP contribution is -2.38. The van der Waals surface area contributed by atoms with Crippen LogP contribution in [-0.2, 0) is 14.3 Å². The smallest absolute Gasteiger partial charge is 0.310 e. The third-order valence-corrected chi connectivity index (χ3v) is 3.46. The molecular weight excluding hydrogens is 194 g/mol. The minimum absolute atomic E-state index is 0.0513. The molecule has 0 radical (unpaired) electrons. The van der Waals surface area contributed by atoms with Crippen LogP contribution in [0, 0.1) is 5.92 Å². The normalized spacial score (nSPS) is 29.3. The molecule has 15 heavy (non-hydrogen) atoms. The Morgan fingerprint density at radius 2 is 2.07 bits per heavy atom. The van der Waals surface area contributed by atoms with Gasteiger partial charge in [-0.1, -0.05) is 0 Å². The highest BCUT2D eigenvalue weighted by molar-refractivity contribution is 5.72. The molecule has 1 unspecified atom stereocenters. The molecule has 0 aromatic heterocycles. The van der Waals surface area contributed by atoms with Crippen molar-refractivity contribution in [3.05, 3.63) is 0 Å². The highest BCUT2D eigenvalue weighted by Gasteiger charge is 2.33. The van der Waals surface area contributed by atoms with Crippen LogP contribution in [0.5, 0.6) is 0 Å². The van der Waals surface area contributed by atoms with Crippen LogP contribution in [0.3, 0.4) is 0 Å². The van der Waals surface area contributed by atoms with E-state index in [-0.39, 0.29) is 11.9 Å². The van der Waals surface area contributed by atoms with Gasteiger partial charge in [0.15, 0.2) is 0 Å². The van der Waals surface area contributed by atoms with Crippen molar-refractivity contribution >= 4 is 5.97 Å². The molecule has 4 nitrogen and oxygen atoms in total. The van der Waals surface area contributed by atoms with Crippen LogP contribution in [0.25, 0.3) is 0 Å². The Balaban J connectivity index is 1.83. The highest BCUT2D eigenvalue weighted by Crippen LogP contribution is 2.24. The summed E-state index contributed by atoms with van der Waals surface area (Å²) in [6.45, 7) is 3.63. The van der Waals surface area contributed by atoms with Crippen molar-refractivity contribution in [3.63, 3.8) is 0 Å². The summed E-state index contributed by atoms with van der Waals surface area (Å²) in [5.74, 6) is 0.0439. The lowest BCUT2D eigenvalue weighted by atomic mass is 10.1. The van der Waals surface area contributed by atoms with Crippen molar-refractivity contribution in [2.45, 2.75) is 25.3 Å². The fourth-order valence-electron chi connectivity index (χ4n) is 2.53. The monoisotopic (exact) mass is 213 g/mol. The van der Waals surface area contributed by atoms with Crippen molar-refractivity contribution in [2.24, 2.45) is 5.92 Å². The predicted octanol–water partition coefficient (Wildman–Crippen LogP) is 0.660. The summed E-state index contributed by atoms with van der Waals surface area (Å²) in [5.41, 5.74) is 0. The van der Waals surface area contributed by atoms with Crippen LogP contribution in [0.4, 0.5) is 0 Å². The summed E-state index contributed by atoms with van der Waals surface area (Å²) in [4.78, 5) is 13.8. The number of methoxy groups -OCH3 is 1. The van der Waals surface area contributed by atoms with E-state index in [1.165, 1.54) is 7.11 Å². The number of hydrogen-bond donors (Lipinski definition) is 0. The SMILES string of the molecule is COC(=O)C1CCN(C2CCOCC2)C1. The zero-order chi connectivity index (χ0) is 10.7. The van der Waals surface area contributed by atoms with Crippen molar-refractivity contribution < 1.29 is 14.3 Å². The molecule has 0 aromatic rings. The summed E-state index contributed by atoms with van der Waals surface area (Å²) >= 11 is 0. The third-order valence-electron chi connectivity index (χ3n) is 3.46. The van der Waals surface area contributed by atoms with Gasteiger partial charge in [0.25, 0.3) is 0 Å². The zero-order valence-corrected chi connectivity index (χ0v) is 9.28. The van der Waals surface area contributed by atoms with E-state index in [2.05, 4.69) is 4.90 Å². The molecule has 2 fully saturated rings. The second-order valence-electron chi connectivity index (χ2n) is 4.35. The molecule has 2 aliphatic rings.